The maximum Gasteiger partial charge on any atom is 0.349 e. The average molecular weight is 323 g/mol. The Bertz CT molecular complexity index is 670. The fraction of sp³-hybridized carbons (Fsp3) is 0.100. The summed E-state index contributed by atoms with van der Waals surface area (Å²) in [5.41, 5.74) is 0. The van der Waals surface area contributed by atoms with Crippen molar-refractivity contribution >= 4 is 48.4 Å². The molecule has 0 saturated carbocycles. The van der Waals surface area contributed by atoms with Crippen molar-refractivity contribution in [1.29, 1.82) is 0 Å². The van der Waals surface area contributed by atoms with E-state index in [-0.39, 0.29) is 9.77 Å². The Labute approximate surface area is 116 Å². The fourth-order valence-electron chi connectivity index (χ4n) is 1.33. The van der Waals surface area contributed by atoms with Crippen LogP contribution in [0.5, 0.6) is 0 Å². The molecule has 0 bridgehead atoms. The number of esters is 1. The second kappa shape index (κ2) is 5.00. The number of hydrogen-bond acceptors (Lipinski definition) is 6. The summed E-state index contributed by atoms with van der Waals surface area (Å²) in [6, 6.07) is 5.07. The van der Waals surface area contributed by atoms with Gasteiger partial charge in [-0.1, -0.05) is 6.07 Å². The molecule has 2 aromatic heterocycles. The van der Waals surface area contributed by atoms with Crippen molar-refractivity contribution in [2.45, 2.75) is 4.90 Å². The van der Waals surface area contributed by atoms with Crippen LogP contribution in [-0.4, -0.2) is 21.5 Å². The molecular weight excluding hydrogens is 316 g/mol. The molecule has 0 radical (unpaired) electrons. The van der Waals surface area contributed by atoms with Crippen LogP contribution in [0.1, 0.15) is 9.67 Å². The van der Waals surface area contributed by atoms with Gasteiger partial charge in [0.15, 0.2) is 0 Å². The highest BCUT2D eigenvalue weighted by molar-refractivity contribution is 8.14. The molecule has 4 nitrogen and oxygen atoms in total. The van der Waals surface area contributed by atoms with Crippen molar-refractivity contribution in [3.05, 3.63) is 28.5 Å². The highest BCUT2D eigenvalue weighted by atomic mass is 35.7. The summed E-state index contributed by atoms with van der Waals surface area (Å²) < 4.78 is 27.4. The van der Waals surface area contributed by atoms with Crippen molar-refractivity contribution in [3.63, 3.8) is 0 Å². The predicted molar refractivity (Wildman–Crippen MR) is 72.0 cm³/mol. The molecule has 0 N–H and O–H groups in total. The van der Waals surface area contributed by atoms with Crippen LogP contribution < -0.4 is 0 Å². The van der Waals surface area contributed by atoms with E-state index in [9.17, 15) is 13.2 Å². The number of halogens is 1. The molecule has 0 spiro atoms. The first-order valence-corrected chi connectivity index (χ1v) is 8.64. The van der Waals surface area contributed by atoms with Crippen LogP contribution >= 0.6 is 33.4 Å². The van der Waals surface area contributed by atoms with E-state index in [0.717, 1.165) is 16.2 Å². The third-order valence-electron chi connectivity index (χ3n) is 2.10. The fourth-order valence-corrected chi connectivity index (χ4v) is 4.72. The van der Waals surface area contributed by atoms with Crippen LogP contribution in [-0.2, 0) is 13.8 Å². The van der Waals surface area contributed by atoms with Gasteiger partial charge < -0.3 is 4.74 Å². The molecule has 0 aromatic carbocycles. The quantitative estimate of drug-likeness (QED) is 0.643. The highest BCUT2D eigenvalue weighted by Gasteiger charge is 2.25. The second-order valence-electron chi connectivity index (χ2n) is 3.21. The molecule has 2 heterocycles. The molecule has 2 rings (SSSR count). The summed E-state index contributed by atoms with van der Waals surface area (Å²) in [5, 5.41) is 1.86. The van der Waals surface area contributed by atoms with E-state index in [4.69, 9.17) is 10.7 Å². The second-order valence-corrected chi connectivity index (χ2v) is 7.75. The van der Waals surface area contributed by atoms with E-state index in [0.29, 0.717) is 4.88 Å². The molecule has 2 aromatic rings. The average Bonchev–Trinajstić information content (AvgIpc) is 2.94. The van der Waals surface area contributed by atoms with Crippen molar-refractivity contribution in [1.82, 2.24) is 0 Å². The number of rotatable bonds is 3. The molecule has 0 fully saturated rings. The van der Waals surface area contributed by atoms with Gasteiger partial charge in [-0.25, -0.2) is 13.2 Å². The van der Waals surface area contributed by atoms with Crippen LogP contribution in [0, 0.1) is 0 Å². The first-order valence-electron chi connectivity index (χ1n) is 4.64. The number of thiophene rings is 2. The van der Waals surface area contributed by atoms with Gasteiger partial charge in [-0.05, 0) is 17.5 Å². The number of ether oxygens (including phenoxy) is 1. The van der Waals surface area contributed by atoms with E-state index in [1.54, 1.807) is 0 Å². The van der Waals surface area contributed by atoms with Gasteiger partial charge in [-0.3, -0.25) is 0 Å². The van der Waals surface area contributed by atoms with Gasteiger partial charge in [-0.15, -0.1) is 22.7 Å². The molecule has 0 amide bonds. The molecule has 18 heavy (non-hydrogen) atoms. The maximum atomic E-state index is 11.5. The molecule has 8 heteroatoms. The monoisotopic (exact) mass is 322 g/mol. The smallest absolute Gasteiger partial charge is 0.349 e. The Morgan fingerprint density at radius 3 is 2.61 bits per heavy atom. The number of methoxy groups -OCH3 is 1. The van der Waals surface area contributed by atoms with Gasteiger partial charge in [0, 0.05) is 20.4 Å². The summed E-state index contributed by atoms with van der Waals surface area (Å²) in [5.74, 6) is -0.706. The van der Waals surface area contributed by atoms with E-state index < -0.39 is 15.0 Å². The third kappa shape index (κ3) is 2.59. The lowest BCUT2D eigenvalue weighted by atomic mass is 10.3. The minimum absolute atomic E-state index is 0.00380. The Hall–Kier alpha value is -0.890. The SMILES string of the molecule is COC(=O)c1sc(-c2cccs2)cc1S(=O)(=O)Cl. The molecule has 0 aliphatic carbocycles. The Balaban J connectivity index is 2.62. The lowest BCUT2D eigenvalue weighted by molar-refractivity contribution is 0.0602. The van der Waals surface area contributed by atoms with Crippen LogP contribution in [0.2, 0.25) is 0 Å². The van der Waals surface area contributed by atoms with Gasteiger partial charge in [0.05, 0.1) is 7.11 Å². The largest absolute Gasteiger partial charge is 0.465 e. The van der Waals surface area contributed by atoms with E-state index in [1.807, 2.05) is 17.5 Å². The van der Waals surface area contributed by atoms with Gasteiger partial charge in [0.25, 0.3) is 9.05 Å². The standard InChI is InChI=1S/C10H7ClO4S3/c1-15-10(12)9-8(18(11,13)14)5-7(17-9)6-3-2-4-16-6/h2-5H,1H3. The predicted octanol–water partition coefficient (Wildman–Crippen LogP) is 3.19. The summed E-state index contributed by atoms with van der Waals surface area (Å²) in [6.07, 6.45) is 0. The minimum atomic E-state index is -3.97. The molecule has 96 valence electrons. The first-order chi connectivity index (χ1) is 8.43. The van der Waals surface area contributed by atoms with Crippen molar-refractivity contribution in [2.75, 3.05) is 7.11 Å². The zero-order chi connectivity index (χ0) is 13.3. The van der Waals surface area contributed by atoms with Gasteiger partial charge in [0.1, 0.15) is 9.77 Å². The van der Waals surface area contributed by atoms with Crippen LogP contribution in [0.3, 0.4) is 0 Å². The highest BCUT2D eigenvalue weighted by Crippen LogP contribution is 2.37. The number of carbonyl (C=O) groups is 1. The maximum absolute atomic E-state index is 11.5. The Morgan fingerprint density at radius 2 is 2.11 bits per heavy atom. The zero-order valence-electron chi connectivity index (χ0n) is 9.05. The van der Waals surface area contributed by atoms with Crippen molar-refractivity contribution in [3.8, 4) is 9.75 Å². The summed E-state index contributed by atoms with van der Waals surface area (Å²) >= 11 is 2.50. The zero-order valence-corrected chi connectivity index (χ0v) is 12.3. The molecular formula is C10H7ClO4S3. The minimum Gasteiger partial charge on any atom is -0.465 e. The molecule has 0 aliphatic heterocycles. The lowest BCUT2D eigenvalue weighted by Crippen LogP contribution is -2.03. The molecule has 0 atom stereocenters. The van der Waals surface area contributed by atoms with Crippen LogP contribution in [0.4, 0.5) is 0 Å². The van der Waals surface area contributed by atoms with Crippen molar-refractivity contribution in [2.24, 2.45) is 0 Å². The normalized spacial score (nSPS) is 11.4. The number of carbonyl (C=O) groups excluding carboxylic acids is 1. The van der Waals surface area contributed by atoms with Gasteiger partial charge in [0.2, 0.25) is 0 Å². The number of hydrogen-bond donors (Lipinski definition) is 0. The Morgan fingerprint density at radius 1 is 1.39 bits per heavy atom. The Kier molecular flexibility index (Phi) is 3.76. The summed E-state index contributed by atoms with van der Waals surface area (Å²) in [4.78, 5) is 12.9. The third-order valence-corrected chi connectivity index (χ3v) is 5.75. The summed E-state index contributed by atoms with van der Waals surface area (Å²) in [6.45, 7) is 0. The topological polar surface area (TPSA) is 60.4 Å². The van der Waals surface area contributed by atoms with E-state index >= 15 is 0 Å². The van der Waals surface area contributed by atoms with Crippen LogP contribution in [0.25, 0.3) is 9.75 Å². The molecule has 0 unspecified atom stereocenters. The molecule has 0 saturated heterocycles. The van der Waals surface area contributed by atoms with Gasteiger partial charge in [-0.2, -0.15) is 0 Å². The van der Waals surface area contributed by atoms with E-state index in [1.165, 1.54) is 24.5 Å². The van der Waals surface area contributed by atoms with Crippen LogP contribution in [0.15, 0.2) is 28.5 Å². The lowest BCUT2D eigenvalue weighted by Gasteiger charge is -1.96. The molecule has 0 aliphatic rings. The first kappa shape index (κ1) is 13.5. The summed E-state index contributed by atoms with van der Waals surface area (Å²) in [7, 11) is 2.53. The van der Waals surface area contributed by atoms with Gasteiger partial charge >= 0.3 is 5.97 Å². The van der Waals surface area contributed by atoms with E-state index in [2.05, 4.69) is 4.74 Å². The van der Waals surface area contributed by atoms with Crippen molar-refractivity contribution < 1.29 is 17.9 Å².